The Hall–Kier alpha value is -3.39. The summed E-state index contributed by atoms with van der Waals surface area (Å²) in [6, 6.07) is 16.4. The van der Waals surface area contributed by atoms with E-state index in [-0.39, 0.29) is 24.0 Å². The predicted octanol–water partition coefficient (Wildman–Crippen LogP) is 5.65. The molecule has 0 saturated carbocycles. The molecule has 0 fully saturated rings. The number of rotatable bonds is 14. The monoisotopic (exact) mass is 494 g/mol. The van der Waals surface area contributed by atoms with Crippen molar-refractivity contribution < 1.29 is 19.1 Å². The summed E-state index contributed by atoms with van der Waals surface area (Å²) in [4.78, 5) is 10.6. The lowest BCUT2D eigenvalue weighted by Gasteiger charge is -2.19. The second kappa shape index (κ2) is 13.1. The molecule has 0 amide bonds. The topological polar surface area (TPSA) is 110 Å². The highest BCUT2D eigenvalue weighted by molar-refractivity contribution is 5.66. The molecule has 0 aliphatic heterocycles. The van der Waals surface area contributed by atoms with Gasteiger partial charge in [-0.1, -0.05) is 69.9 Å². The molecule has 0 spiro atoms. The number of hydrogen-bond acceptors (Lipinski definition) is 7. The number of aliphatic carboxylic acids is 1. The van der Waals surface area contributed by atoms with Gasteiger partial charge in [-0.2, -0.15) is 0 Å². The number of nitrogens with zero attached hydrogens (tertiary/aromatic N) is 2. The zero-order chi connectivity index (χ0) is 26.0. The number of ether oxygens (including phenoxy) is 1. The van der Waals surface area contributed by atoms with E-state index in [4.69, 9.17) is 14.3 Å². The Balaban J connectivity index is 1.54. The van der Waals surface area contributed by atoms with E-state index in [9.17, 15) is 4.79 Å². The number of carboxylic acids is 1. The highest BCUT2D eigenvalue weighted by atomic mass is 16.6. The number of aromatic nitrogens is 2. The van der Waals surface area contributed by atoms with Gasteiger partial charge in [-0.05, 0) is 47.2 Å². The standard InChI is InChI=1S/C28H38N4O4/c1-5-6-7-24(30-23-14-8-20(9-15-23)18-29-17-16-25(33)34)19-35-27-32-31-26(36-27)21-10-12-22(13-11-21)28(2,3)4/h8-15,24,29-30H,5-7,16-19H2,1-4H3,(H,33,34)/t24-/m0/s1. The SMILES string of the molecule is CCCC[C@@H](COc1nnc(-c2ccc(C(C)(C)C)cc2)o1)Nc1ccc(CNCCC(=O)O)cc1. The molecule has 3 N–H and O–H groups in total. The van der Waals surface area contributed by atoms with Gasteiger partial charge in [0.15, 0.2) is 0 Å². The summed E-state index contributed by atoms with van der Waals surface area (Å²) in [5.74, 6) is -0.357. The molecule has 0 aliphatic carbocycles. The van der Waals surface area contributed by atoms with Crippen LogP contribution in [0.3, 0.4) is 0 Å². The van der Waals surface area contributed by atoms with Crippen LogP contribution in [0.4, 0.5) is 5.69 Å². The Labute approximate surface area is 213 Å². The average Bonchev–Trinajstić information content (AvgIpc) is 3.33. The predicted molar refractivity (Wildman–Crippen MR) is 141 cm³/mol. The van der Waals surface area contributed by atoms with Gasteiger partial charge < -0.3 is 24.9 Å². The highest BCUT2D eigenvalue weighted by Gasteiger charge is 2.16. The van der Waals surface area contributed by atoms with Crippen molar-refractivity contribution in [1.82, 2.24) is 15.5 Å². The van der Waals surface area contributed by atoms with Crippen molar-refractivity contribution in [3.8, 4) is 17.5 Å². The smallest absolute Gasteiger partial charge is 0.414 e. The van der Waals surface area contributed by atoms with E-state index in [1.165, 1.54) is 5.56 Å². The van der Waals surface area contributed by atoms with E-state index in [0.29, 0.717) is 25.6 Å². The van der Waals surface area contributed by atoms with E-state index >= 15 is 0 Å². The maximum atomic E-state index is 10.6. The van der Waals surface area contributed by atoms with E-state index < -0.39 is 5.97 Å². The van der Waals surface area contributed by atoms with Crippen molar-refractivity contribution in [2.75, 3.05) is 18.5 Å². The fraction of sp³-hybridized carbons (Fsp3) is 0.464. The van der Waals surface area contributed by atoms with E-state index in [0.717, 1.165) is 36.1 Å². The number of carboxylic acid groups (broad SMARTS) is 1. The second-order valence-electron chi connectivity index (χ2n) is 10.0. The van der Waals surface area contributed by atoms with Crippen molar-refractivity contribution in [2.45, 2.75) is 71.4 Å². The van der Waals surface area contributed by atoms with Gasteiger partial charge in [0.25, 0.3) is 5.89 Å². The fourth-order valence-electron chi connectivity index (χ4n) is 3.70. The van der Waals surface area contributed by atoms with Crippen LogP contribution in [0.1, 0.15) is 64.5 Å². The molecule has 1 heterocycles. The van der Waals surface area contributed by atoms with Crippen molar-refractivity contribution in [1.29, 1.82) is 0 Å². The molecular formula is C28H38N4O4. The number of carbonyl (C=O) groups is 1. The van der Waals surface area contributed by atoms with Gasteiger partial charge in [0, 0.05) is 24.3 Å². The van der Waals surface area contributed by atoms with Gasteiger partial charge in [0.1, 0.15) is 6.61 Å². The van der Waals surface area contributed by atoms with Crippen molar-refractivity contribution >= 4 is 11.7 Å². The minimum absolute atomic E-state index is 0.0846. The lowest BCUT2D eigenvalue weighted by atomic mass is 9.87. The summed E-state index contributed by atoms with van der Waals surface area (Å²) < 4.78 is 11.6. The molecule has 3 rings (SSSR count). The summed E-state index contributed by atoms with van der Waals surface area (Å²) >= 11 is 0. The first-order valence-electron chi connectivity index (χ1n) is 12.6. The zero-order valence-corrected chi connectivity index (χ0v) is 21.7. The molecule has 1 atom stereocenters. The molecule has 3 aromatic rings. The Morgan fingerprint density at radius 2 is 1.81 bits per heavy atom. The van der Waals surface area contributed by atoms with Gasteiger partial charge in [0.2, 0.25) is 0 Å². The van der Waals surface area contributed by atoms with Gasteiger partial charge in [-0.25, -0.2) is 0 Å². The van der Waals surface area contributed by atoms with Crippen molar-refractivity contribution in [2.24, 2.45) is 0 Å². The average molecular weight is 495 g/mol. The van der Waals surface area contributed by atoms with E-state index in [1.807, 2.05) is 36.4 Å². The molecule has 0 unspecified atom stereocenters. The lowest BCUT2D eigenvalue weighted by molar-refractivity contribution is -0.136. The second-order valence-corrected chi connectivity index (χ2v) is 10.0. The van der Waals surface area contributed by atoms with E-state index in [2.05, 4.69) is 60.7 Å². The third-order valence-corrected chi connectivity index (χ3v) is 5.89. The number of nitrogens with one attached hydrogen (secondary N) is 2. The molecule has 0 aliphatic rings. The number of unbranched alkanes of at least 4 members (excludes halogenated alkanes) is 1. The Morgan fingerprint density at radius 1 is 1.08 bits per heavy atom. The van der Waals surface area contributed by atoms with Crippen LogP contribution in [-0.2, 0) is 16.8 Å². The van der Waals surface area contributed by atoms with Crippen LogP contribution in [0, 0.1) is 0 Å². The largest absolute Gasteiger partial charge is 0.481 e. The van der Waals surface area contributed by atoms with Crippen LogP contribution in [0.5, 0.6) is 6.08 Å². The first-order chi connectivity index (χ1) is 17.2. The summed E-state index contributed by atoms with van der Waals surface area (Å²) in [7, 11) is 0. The van der Waals surface area contributed by atoms with Gasteiger partial charge in [0.05, 0.1) is 12.5 Å². The molecule has 36 heavy (non-hydrogen) atoms. The molecule has 1 aromatic heterocycles. The summed E-state index contributed by atoms with van der Waals surface area (Å²) in [5.41, 5.74) is 4.29. The van der Waals surface area contributed by atoms with Crippen molar-refractivity contribution in [3.63, 3.8) is 0 Å². The first-order valence-corrected chi connectivity index (χ1v) is 12.6. The fourth-order valence-corrected chi connectivity index (χ4v) is 3.70. The van der Waals surface area contributed by atoms with Crippen LogP contribution in [0.2, 0.25) is 0 Å². The maximum absolute atomic E-state index is 10.6. The molecular weight excluding hydrogens is 456 g/mol. The summed E-state index contributed by atoms with van der Waals surface area (Å²) in [5, 5.41) is 23.6. The summed E-state index contributed by atoms with van der Waals surface area (Å²) in [6.45, 7) is 10.2. The molecule has 194 valence electrons. The maximum Gasteiger partial charge on any atom is 0.414 e. The molecule has 0 radical (unpaired) electrons. The highest BCUT2D eigenvalue weighted by Crippen LogP contribution is 2.26. The normalized spacial score (nSPS) is 12.3. The lowest BCUT2D eigenvalue weighted by Crippen LogP contribution is -2.27. The molecule has 0 saturated heterocycles. The zero-order valence-electron chi connectivity index (χ0n) is 21.7. The minimum atomic E-state index is -0.797. The van der Waals surface area contributed by atoms with Crippen LogP contribution in [0.15, 0.2) is 52.9 Å². The quantitative estimate of drug-likeness (QED) is 0.247. The Morgan fingerprint density at radius 3 is 2.44 bits per heavy atom. The molecule has 0 bridgehead atoms. The van der Waals surface area contributed by atoms with Gasteiger partial charge >= 0.3 is 12.0 Å². The molecule has 8 heteroatoms. The third-order valence-electron chi connectivity index (χ3n) is 5.89. The van der Waals surface area contributed by atoms with Crippen LogP contribution in [0.25, 0.3) is 11.5 Å². The van der Waals surface area contributed by atoms with Gasteiger partial charge in [-0.15, -0.1) is 5.10 Å². The Kier molecular flexibility index (Phi) is 9.87. The minimum Gasteiger partial charge on any atom is -0.481 e. The van der Waals surface area contributed by atoms with Crippen molar-refractivity contribution in [3.05, 3.63) is 59.7 Å². The van der Waals surface area contributed by atoms with Crippen LogP contribution >= 0.6 is 0 Å². The van der Waals surface area contributed by atoms with Crippen LogP contribution in [-0.4, -0.2) is 40.5 Å². The molecule has 8 nitrogen and oxygen atoms in total. The summed E-state index contributed by atoms with van der Waals surface area (Å²) in [6.07, 6.45) is 3.39. The first kappa shape index (κ1) is 27.2. The number of hydrogen-bond donors (Lipinski definition) is 3. The number of benzene rings is 2. The van der Waals surface area contributed by atoms with E-state index in [1.54, 1.807) is 0 Å². The Bertz CT molecular complexity index is 1070. The van der Waals surface area contributed by atoms with Gasteiger partial charge in [-0.3, -0.25) is 4.79 Å². The van der Waals surface area contributed by atoms with Crippen LogP contribution < -0.4 is 15.4 Å². The number of anilines is 1. The molecule has 2 aromatic carbocycles. The third kappa shape index (κ3) is 8.68.